The van der Waals surface area contributed by atoms with Crippen LogP contribution in [0.3, 0.4) is 0 Å². The fourth-order valence-corrected chi connectivity index (χ4v) is 3.86. The van der Waals surface area contributed by atoms with Crippen molar-refractivity contribution in [1.82, 2.24) is 9.97 Å². The molecule has 0 atom stereocenters. The van der Waals surface area contributed by atoms with Crippen molar-refractivity contribution >= 4 is 49.7 Å². The summed E-state index contributed by atoms with van der Waals surface area (Å²) in [5.41, 5.74) is 4.92. The van der Waals surface area contributed by atoms with Crippen molar-refractivity contribution in [2.75, 3.05) is 16.3 Å². The first-order chi connectivity index (χ1) is 14.3. The Bertz CT molecular complexity index is 1360. The summed E-state index contributed by atoms with van der Waals surface area (Å²) in [6, 6.07) is 18.8. The minimum atomic E-state index is -3.35. The fourth-order valence-electron chi connectivity index (χ4n) is 3.12. The van der Waals surface area contributed by atoms with Crippen LogP contribution >= 0.6 is 11.6 Å². The molecule has 2 N–H and O–H groups in total. The van der Waals surface area contributed by atoms with Gasteiger partial charge in [0.15, 0.2) is 0 Å². The number of hydrogen-bond donors (Lipinski definition) is 2. The molecule has 6 nitrogen and oxygen atoms in total. The summed E-state index contributed by atoms with van der Waals surface area (Å²) in [5, 5.41) is 4.83. The highest BCUT2D eigenvalue weighted by molar-refractivity contribution is 7.92. The van der Waals surface area contributed by atoms with Gasteiger partial charge in [0.2, 0.25) is 10.0 Å². The number of aryl methyl sites for hydroxylation is 1. The Hall–Kier alpha value is -3.16. The van der Waals surface area contributed by atoms with E-state index in [1.807, 2.05) is 55.5 Å². The molecule has 1 heterocycles. The molecule has 3 aromatic carbocycles. The fraction of sp³-hybridized carbons (Fsp3) is 0.0909. The molecule has 0 bridgehead atoms. The maximum Gasteiger partial charge on any atom is 0.229 e. The van der Waals surface area contributed by atoms with Crippen molar-refractivity contribution in [2.45, 2.75) is 6.92 Å². The molecular weight excluding hydrogens is 420 g/mol. The molecule has 0 aliphatic heterocycles. The van der Waals surface area contributed by atoms with Gasteiger partial charge >= 0.3 is 0 Å². The molecule has 0 radical (unpaired) electrons. The molecule has 0 aliphatic carbocycles. The molecule has 30 heavy (non-hydrogen) atoms. The number of benzene rings is 3. The highest BCUT2D eigenvalue weighted by Crippen LogP contribution is 2.30. The number of nitrogens with zero attached hydrogens (tertiary/aromatic N) is 2. The van der Waals surface area contributed by atoms with Crippen LogP contribution in [-0.2, 0) is 10.0 Å². The summed E-state index contributed by atoms with van der Waals surface area (Å²) >= 11 is 6.24. The minimum absolute atomic E-state index is 0.507. The molecule has 0 fully saturated rings. The van der Waals surface area contributed by atoms with E-state index in [2.05, 4.69) is 20.0 Å². The predicted molar refractivity (Wildman–Crippen MR) is 123 cm³/mol. The third-order valence-corrected chi connectivity index (χ3v) is 5.58. The van der Waals surface area contributed by atoms with Crippen molar-refractivity contribution in [3.63, 3.8) is 0 Å². The zero-order valence-electron chi connectivity index (χ0n) is 16.3. The van der Waals surface area contributed by atoms with Gasteiger partial charge in [-0.3, -0.25) is 4.72 Å². The van der Waals surface area contributed by atoms with Gasteiger partial charge in [0.1, 0.15) is 12.1 Å². The molecule has 152 valence electrons. The van der Waals surface area contributed by atoms with Gasteiger partial charge in [-0.1, -0.05) is 35.9 Å². The van der Waals surface area contributed by atoms with Crippen molar-refractivity contribution in [1.29, 1.82) is 0 Å². The lowest BCUT2D eigenvalue weighted by Crippen LogP contribution is -2.09. The van der Waals surface area contributed by atoms with Gasteiger partial charge in [0.25, 0.3) is 0 Å². The van der Waals surface area contributed by atoms with Crippen molar-refractivity contribution in [3.05, 3.63) is 77.6 Å². The van der Waals surface area contributed by atoms with Crippen LogP contribution in [0.2, 0.25) is 5.02 Å². The molecule has 0 saturated heterocycles. The van der Waals surface area contributed by atoms with Crippen molar-refractivity contribution < 1.29 is 8.42 Å². The maximum absolute atomic E-state index is 11.5. The highest BCUT2D eigenvalue weighted by atomic mass is 35.5. The second-order valence-electron chi connectivity index (χ2n) is 7.00. The Morgan fingerprint density at radius 1 is 0.900 bits per heavy atom. The SMILES string of the molecule is Cc1ccc(Nc2ncnc3ccc(-c4cccc(NS(C)(=O)=O)c4)cc23)cc1Cl. The molecule has 8 heteroatoms. The Morgan fingerprint density at radius 2 is 1.70 bits per heavy atom. The Kier molecular flexibility index (Phi) is 5.32. The molecule has 0 aliphatic rings. The van der Waals surface area contributed by atoms with Gasteiger partial charge in [0, 0.05) is 21.8 Å². The quantitative estimate of drug-likeness (QED) is 0.437. The third-order valence-electron chi connectivity index (χ3n) is 4.57. The summed E-state index contributed by atoms with van der Waals surface area (Å²) in [7, 11) is -3.35. The largest absolute Gasteiger partial charge is 0.340 e. The summed E-state index contributed by atoms with van der Waals surface area (Å²) in [6.07, 6.45) is 2.64. The lowest BCUT2D eigenvalue weighted by atomic mass is 10.0. The lowest BCUT2D eigenvalue weighted by Gasteiger charge is -2.11. The maximum atomic E-state index is 11.5. The van der Waals surface area contributed by atoms with Crippen molar-refractivity contribution in [3.8, 4) is 11.1 Å². The molecular formula is C22H19ClN4O2S. The van der Waals surface area contributed by atoms with Crippen LogP contribution in [0.15, 0.2) is 67.0 Å². The zero-order valence-corrected chi connectivity index (χ0v) is 17.9. The van der Waals surface area contributed by atoms with Crippen LogP contribution in [0.1, 0.15) is 5.56 Å². The van der Waals surface area contributed by atoms with Crippen molar-refractivity contribution in [2.24, 2.45) is 0 Å². The third kappa shape index (κ3) is 4.53. The molecule has 1 aromatic heterocycles. The van der Waals surface area contributed by atoms with Crippen LogP contribution in [-0.4, -0.2) is 24.6 Å². The molecule has 0 saturated carbocycles. The summed E-state index contributed by atoms with van der Waals surface area (Å²) in [5.74, 6) is 0.659. The normalized spacial score (nSPS) is 11.4. The molecule has 4 aromatic rings. The second kappa shape index (κ2) is 7.93. The van der Waals surface area contributed by atoms with Gasteiger partial charge in [-0.2, -0.15) is 0 Å². The second-order valence-corrected chi connectivity index (χ2v) is 9.15. The lowest BCUT2D eigenvalue weighted by molar-refractivity contribution is 0.607. The van der Waals surface area contributed by atoms with E-state index in [-0.39, 0.29) is 0 Å². The summed E-state index contributed by atoms with van der Waals surface area (Å²) in [6.45, 7) is 1.95. The van der Waals surface area contributed by atoms with Gasteiger partial charge in [-0.05, 0) is 60.0 Å². The molecule has 0 spiro atoms. The monoisotopic (exact) mass is 438 g/mol. The summed E-state index contributed by atoms with van der Waals surface area (Å²) in [4.78, 5) is 8.75. The van der Waals surface area contributed by atoms with E-state index >= 15 is 0 Å². The van der Waals surface area contributed by atoms with E-state index in [1.54, 1.807) is 12.1 Å². The number of rotatable bonds is 5. The van der Waals surface area contributed by atoms with Gasteiger partial charge in [-0.15, -0.1) is 0 Å². The number of hydrogen-bond acceptors (Lipinski definition) is 5. The van der Waals surface area contributed by atoms with E-state index < -0.39 is 10.0 Å². The first-order valence-electron chi connectivity index (χ1n) is 9.15. The standard InChI is InChI=1S/C22H19ClN4O2S/c1-14-6-8-17(12-20(14)23)26-22-19-11-16(7-9-21(19)24-13-25-22)15-4-3-5-18(10-15)27-30(2,28)29/h3-13,27H,1-2H3,(H,24,25,26). The number of halogens is 1. The topological polar surface area (TPSA) is 84.0 Å². The van der Waals surface area contributed by atoms with Crippen LogP contribution < -0.4 is 10.0 Å². The number of aromatic nitrogens is 2. The Labute approximate surface area is 180 Å². The summed E-state index contributed by atoms with van der Waals surface area (Å²) < 4.78 is 25.6. The highest BCUT2D eigenvalue weighted by Gasteiger charge is 2.09. The van der Waals surface area contributed by atoms with Gasteiger partial charge in [-0.25, -0.2) is 18.4 Å². The molecule has 0 unspecified atom stereocenters. The van der Waals surface area contributed by atoms with E-state index in [4.69, 9.17) is 11.6 Å². The first-order valence-corrected chi connectivity index (χ1v) is 11.4. The van der Waals surface area contributed by atoms with E-state index in [9.17, 15) is 8.42 Å². The number of nitrogens with one attached hydrogen (secondary N) is 2. The van der Waals surface area contributed by atoms with Gasteiger partial charge in [0.05, 0.1) is 11.8 Å². The van der Waals surface area contributed by atoms with E-state index in [0.29, 0.717) is 16.5 Å². The van der Waals surface area contributed by atoms with Crippen LogP contribution in [0.5, 0.6) is 0 Å². The Balaban J connectivity index is 1.74. The zero-order chi connectivity index (χ0) is 21.3. The van der Waals surface area contributed by atoms with E-state index in [0.717, 1.165) is 39.5 Å². The van der Waals surface area contributed by atoms with Crippen LogP contribution in [0.25, 0.3) is 22.0 Å². The van der Waals surface area contributed by atoms with Crippen LogP contribution in [0, 0.1) is 6.92 Å². The Morgan fingerprint density at radius 3 is 2.47 bits per heavy atom. The number of anilines is 3. The smallest absolute Gasteiger partial charge is 0.229 e. The van der Waals surface area contributed by atoms with Gasteiger partial charge < -0.3 is 5.32 Å². The predicted octanol–water partition coefficient (Wildman–Crippen LogP) is 5.37. The average Bonchev–Trinajstić information content (AvgIpc) is 2.70. The first kappa shape index (κ1) is 20.1. The van der Waals surface area contributed by atoms with Crippen LogP contribution in [0.4, 0.5) is 17.2 Å². The number of sulfonamides is 1. The molecule has 0 amide bonds. The number of fused-ring (bicyclic) bond motifs is 1. The molecule has 4 rings (SSSR count). The van der Waals surface area contributed by atoms with E-state index in [1.165, 1.54) is 6.33 Å². The minimum Gasteiger partial charge on any atom is -0.340 e. The average molecular weight is 439 g/mol.